The van der Waals surface area contributed by atoms with Gasteiger partial charge in [0.1, 0.15) is 17.4 Å². The van der Waals surface area contributed by atoms with Gasteiger partial charge in [0.25, 0.3) is 0 Å². The topological polar surface area (TPSA) is 74.8 Å². The van der Waals surface area contributed by atoms with Crippen LogP contribution in [0.5, 0.6) is 5.75 Å². The first-order chi connectivity index (χ1) is 12.1. The van der Waals surface area contributed by atoms with Crippen LogP contribution in [0.2, 0.25) is 10.0 Å². The highest BCUT2D eigenvalue weighted by Gasteiger charge is 2.28. The standard InChI is InChI=1S/C17H24Cl2N4O2/c1-2-20-17(22-9-8-21-16(24)12-6-7-12)23-10-11-25-14-5-3-4-13(18)15(14)19/h3-5,12H,2,6-11H2,1H3,(H,21,24)(H2,20,22,23). The normalized spacial score (nSPS) is 14.1. The SMILES string of the molecule is CCNC(=NCCNC(=O)C1CC1)NCCOc1cccc(Cl)c1Cl. The number of carbonyl (C=O) groups excluding carboxylic acids is 1. The first-order valence-corrected chi connectivity index (χ1v) is 9.24. The highest BCUT2D eigenvalue weighted by molar-refractivity contribution is 6.42. The maximum Gasteiger partial charge on any atom is 0.223 e. The second-order valence-corrected chi connectivity index (χ2v) is 6.44. The second kappa shape index (κ2) is 10.4. The van der Waals surface area contributed by atoms with Crippen molar-refractivity contribution in [1.29, 1.82) is 0 Å². The van der Waals surface area contributed by atoms with Crippen molar-refractivity contribution >= 4 is 35.1 Å². The summed E-state index contributed by atoms with van der Waals surface area (Å²) >= 11 is 12.0. The van der Waals surface area contributed by atoms with E-state index in [0.717, 1.165) is 19.4 Å². The first-order valence-electron chi connectivity index (χ1n) is 8.48. The molecule has 1 amide bonds. The van der Waals surface area contributed by atoms with Crippen molar-refractivity contribution in [3.63, 3.8) is 0 Å². The number of rotatable bonds is 9. The zero-order chi connectivity index (χ0) is 18.1. The van der Waals surface area contributed by atoms with E-state index in [0.29, 0.717) is 48.0 Å². The Bertz CT molecular complexity index is 606. The number of ether oxygens (including phenoxy) is 1. The Morgan fingerprint density at radius 1 is 1.24 bits per heavy atom. The number of carbonyl (C=O) groups is 1. The van der Waals surface area contributed by atoms with Crippen LogP contribution in [0, 0.1) is 5.92 Å². The van der Waals surface area contributed by atoms with Gasteiger partial charge in [-0.2, -0.15) is 0 Å². The summed E-state index contributed by atoms with van der Waals surface area (Å²) in [6.45, 7) is 4.79. The minimum atomic E-state index is 0.139. The van der Waals surface area contributed by atoms with Crippen LogP contribution in [0.25, 0.3) is 0 Å². The molecule has 0 atom stereocenters. The third kappa shape index (κ3) is 7.00. The van der Waals surface area contributed by atoms with E-state index in [-0.39, 0.29) is 11.8 Å². The fourth-order valence-corrected chi connectivity index (χ4v) is 2.45. The molecule has 0 aromatic heterocycles. The Morgan fingerprint density at radius 3 is 2.76 bits per heavy atom. The van der Waals surface area contributed by atoms with Gasteiger partial charge in [0.15, 0.2) is 5.96 Å². The molecule has 6 nitrogen and oxygen atoms in total. The van der Waals surface area contributed by atoms with Crippen LogP contribution in [0.15, 0.2) is 23.2 Å². The van der Waals surface area contributed by atoms with Gasteiger partial charge in [-0.1, -0.05) is 29.3 Å². The van der Waals surface area contributed by atoms with Gasteiger partial charge in [0, 0.05) is 19.0 Å². The van der Waals surface area contributed by atoms with Crippen LogP contribution in [-0.2, 0) is 4.79 Å². The Labute approximate surface area is 158 Å². The van der Waals surface area contributed by atoms with Crippen LogP contribution < -0.4 is 20.7 Å². The van der Waals surface area contributed by atoms with Crippen molar-refractivity contribution in [3.05, 3.63) is 28.2 Å². The van der Waals surface area contributed by atoms with Crippen molar-refractivity contribution in [1.82, 2.24) is 16.0 Å². The summed E-state index contributed by atoms with van der Waals surface area (Å²) in [6.07, 6.45) is 2.02. The van der Waals surface area contributed by atoms with E-state index in [4.69, 9.17) is 27.9 Å². The lowest BCUT2D eigenvalue weighted by atomic mass is 10.3. The number of amides is 1. The predicted molar refractivity (Wildman–Crippen MR) is 102 cm³/mol. The molecule has 0 unspecified atom stereocenters. The Balaban J connectivity index is 1.68. The van der Waals surface area contributed by atoms with E-state index in [1.54, 1.807) is 18.2 Å². The van der Waals surface area contributed by atoms with Crippen LogP contribution in [-0.4, -0.2) is 44.7 Å². The van der Waals surface area contributed by atoms with Gasteiger partial charge in [-0.3, -0.25) is 9.79 Å². The summed E-state index contributed by atoms with van der Waals surface area (Å²) in [5, 5.41) is 10.1. The lowest BCUT2D eigenvalue weighted by molar-refractivity contribution is -0.122. The zero-order valence-corrected chi connectivity index (χ0v) is 15.8. The predicted octanol–water partition coefficient (Wildman–Crippen LogP) is 2.45. The summed E-state index contributed by atoms with van der Waals surface area (Å²) in [4.78, 5) is 16.0. The minimum Gasteiger partial charge on any atom is -0.490 e. The van der Waals surface area contributed by atoms with Crippen LogP contribution in [0.1, 0.15) is 19.8 Å². The molecule has 8 heteroatoms. The average molecular weight is 387 g/mol. The third-order valence-electron chi connectivity index (χ3n) is 3.54. The lowest BCUT2D eigenvalue weighted by Crippen LogP contribution is -2.40. The van der Waals surface area contributed by atoms with Crippen molar-refractivity contribution in [3.8, 4) is 5.75 Å². The van der Waals surface area contributed by atoms with E-state index >= 15 is 0 Å². The fourth-order valence-electron chi connectivity index (χ4n) is 2.10. The van der Waals surface area contributed by atoms with Crippen LogP contribution in [0.4, 0.5) is 0 Å². The molecule has 3 N–H and O–H groups in total. The molecule has 0 spiro atoms. The lowest BCUT2D eigenvalue weighted by Gasteiger charge is -2.13. The summed E-state index contributed by atoms with van der Waals surface area (Å²) in [5.74, 6) is 1.61. The largest absolute Gasteiger partial charge is 0.490 e. The smallest absolute Gasteiger partial charge is 0.223 e. The number of hydrogen-bond donors (Lipinski definition) is 3. The minimum absolute atomic E-state index is 0.139. The molecular weight excluding hydrogens is 363 g/mol. The molecule has 1 fully saturated rings. The molecule has 2 rings (SSSR count). The van der Waals surface area contributed by atoms with E-state index in [9.17, 15) is 4.79 Å². The first kappa shape index (κ1) is 19.7. The van der Waals surface area contributed by atoms with Gasteiger partial charge in [0.05, 0.1) is 18.1 Å². The molecule has 138 valence electrons. The van der Waals surface area contributed by atoms with Gasteiger partial charge >= 0.3 is 0 Å². The highest BCUT2D eigenvalue weighted by Crippen LogP contribution is 2.31. The summed E-state index contributed by atoms with van der Waals surface area (Å²) in [5.41, 5.74) is 0. The number of hydrogen-bond acceptors (Lipinski definition) is 3. The van der Waals surface area contributed by atoms with Gasteiger partial charge < -0.3 is 20.7 Å². The molecule has 1 saturated carbocycles. The zero-order valence-electron chi connectivity index (χ0n) is 14.3. The maximum atomic E-state index is 11.5. The quantitative estimate of drug-likeness (QED) is 0.346. The van der Waals surface area contributed by atoms with Crippen LogP contribution in [0.3, 0.4) is 0 Å². The molecule has 1 aliphatic carbocycles. The molecule has 0 radical (unpaired) electrons. The van der Waals surface area contributed by atoms with Crippen molar-refractivity contribution in [2.45, 2.75) is 19.8 Å². The molecule has 1 aromatic carbocycles. The van der Waals surface area contributed by atoms with E-state index in [2.05, 4.69) is 20.9 Å². The number of nitrogens with zero attached hydrogens (tertiary/aromatic N) is 1. The summed E-state index contributed by atoms with van der Waals surface area (Å²) in [7, 11) is 0. The fraction of sp³-hybridized carbons (Fsp3) is 0.529. The van der Waals surface area contributed by atoms with E-state index < -0.39 is 0 Å². The molecule has 1 aliphatic rings. The molecule has 0 bridgehead atoms. The molecule has 0 aliphatic heterocycles. The third-order valence-corrected chi connectivity index (χ3v) is 4.34. The summed E-state index contributed by atoms with van der Waals surface area (Å²) in [6, 6.07) is 5.28. The Kier molecular flexibility index (Phi) is 8.15. The molecule has 25 heavy (non-hydrogen) atoms. The van der Waals surface area contributed by atoms with Crippen molar-refractivity contribution < 1.29 is 9.53 Å². The van der Waals surface area contributed by atoms with Crippen molar-refractivity contribution in [2.75, 3.05) is 32.8 Å². The molecule has 0 heterocycles. The van der Waals surface area contributed by atoms with E-state index in [1.807, 2.05) is 6.92 Å². The number of guanidine groups is 1. The van der Waals surface area contributed by atoms with Gasteiger partial charge in [-0.05, 0) is 31.9 Å². The highest BCUT2D eigenvalue weighted by atomic mass is 35.5. The van der Waals surface area contributed by atoms with Crippen LogP contribution >= 0.6 is 23.2 Å². The molecular formula is C17H24Cl2N4O2. The number of aliphatic imine (C=N–C) groups is 1. The van der Waals surface area contributed by atoms with Gasteiger partial charge in [0.2, 0.25) is 5.91 Å². The Morgan fingerprint density at radius 2 is 2.04 bits per heavy atom. The Hall–Kier alpha value is -1.66. The number of nitrogens with one attached hydrogen (secondary N) is 3. The van der Waals surface area contributed by atoms with Crippen molar-refractivity contribution in [2.24, 2.45) is 10.9 Å². The number of halogens is 2. The monoisotopic (exact) mass is 386 g/mol. The summed E-state index contributed by atoms with van der Waals surface area (Å²) < 4.78 is 5.62. The maximum absolute atomic E-state index is 11.5. The van der Waals surface area contributed by atoms with E-state index in [1.165, 1.54) is 0 Å². The molecule has 1 aromatic rings. The molecule has 0 saturated heterocycles. The van der Waals surface area contributed by atoms with Gasteiger partial charge in [-0.15, -0.1) is 0 Å². The van der Waals surface area contributed by atoms with Gasteiger partial charge in [-0.25, -0.2) is 0 Å². The average Bonchev–Trinajstić information content (AvgIpc) is 3.43. The second-order valence-electron chi connectivity index (χ2n) is 5.65. The number of benzene rings is 1.